The smallest absolute Gasteiger partial charge is 0.345 e. The van der Waals surface area contributed by atoms with Crippen molar-refractivity contribution in [3.8, 4) is 11.6 Å². The number of ether oxygens (including phenoxy) is 2. The Morgan fingerprint density at radius 1 is 1.38 bits per heavy atom. The molecule has 1 heterocycles. The van der Waals surface area contributed by atoms with Gasteiger partial charge in [-0.3, -0.25) is 0 Å². The molecule has 0 bridgehead atoms. The molecule has 0 radical (unpaired) electrons. The van der Waals surface area contributed by atoms with Crippen LogP contribution in [0.5, 0.6) is 11.6 Å². The van der Waals surface area contributed by atoms with Crippen LogP contribution < -0.4 is 9.47 Å². The van der Waals surface area contributed by atoms with Gasteiger partial charge in [0.1, 0.15) is 5.75 Å². The topological polar surface area (TPSA) is 68.7 Å². The molecular weight excluding hydrogens is 210 g/mol. The zero-order chi connectivity index (χ0) is 12.3. The van der Waals surface area contributed by atoms with Crippen LogP contribution in [0.2, 0.25) is 0 Å². The maximum absolute atomic E-state index is 11.0. The Hall–Kier alpha value is -1.78. The predicted octanol–water partition coefficient (Wildman–Crippen LogP) is 1.92. The lowest BCUT2D eigenvalue weighted by Gasteiger charge is -2.13. The molecule has 0 aromatic carbocycles. The van der Waals surface area contributed by atoms with Gasteiger partial charge in [0, 0.05) is 6.07 Å². The first kappa shape index (κ1) is 12.3. The Morgan fingerprint density at radius 3 is 2.38 bits per heavy atom. The first-order valence-corrected chi connectivity index (χ1v) is 4.87. The second kappa shape index (κ2) is 4.83. The number of hydrogen-bond acceptors (Lipinski definition) is 4. The third-order valence-electron chi connectivity index (χ3n) is 2.19. The van der Waals surface area contributed by atoms with Gasteiger partial charge in [-0.1, -0.05) is 13.8 Å². The lowest BCUT2D eigenvalue weighted by atomic mass is 10.1. The molecule has 1 rings (SSSR count). The van der Waals surface area contributed by atoms with Crippen molar-refractivity contribution in [3.63, 3.8) is 0 Å². The third kappa shape index (κ3) is 2.24. The first-order valence-electron chi connectivity index (χ1n) is 4.87. The van der Waals surface area contributed by atoms with Gasteiger partial charge in [0.05, 0.1) is 19.9 Å². The summed E-state index contributed by atoms with van der Waals surface area (Å²) in [5, 5.41) is 9.04. The van der Waals surface area contributed by atoms with E-state index in [4.69, 9.17) is 14.6 Å². The highest BCUT2D eigenvalue weighted by molar-refractivity contribution is 5.93. The summed E-state index contributed by atoms with van der Waals surface area (Å²) >= 11 is 0. The van der Waals surface area contributed by atoms with Gasteiger partial charge in [-0.15, -0.1) is 0 Å². The summed E-state index contributed by atoms with van der Waals surface area (Å²) in [6.07, 6.45) is 0. The fourth-order valence-corrected chi connectivity index (χ4v) is 1.32. The highest BCUT2D eigenvalue weighted by Crippen LogP contribution is 2.30. The number of nitrogens with zero attached hydrogens (tertiary/aromatic N) is 1. The van der Waals surface area contributed by atoms with Crippen molar-refractivity contribution in [3.05, 3.63) is 17.3 Å². The Labute approximate surface area is 94.0 Å². The van der Waals surface area contributed by atoms with E-state index in [1.807, 2.05) is 13.8 Å². The lowest BCUT2D eigenvalue weighted by molar-refractivity contribution is 0.0688. The summed E-state index contributed by atoms with van der Waals surface area (Å²) in [4.78, 5) is 15.2. The molecule has 1 N–H and O–H groups in total. The largest absolute Gasteiger partial charge is 0.496 e. The Kier molecular flexibility index (Phi) is 3.71. The van der Waals surface area contributed by atoms with E-state index in [9.17, 15) is 4.79 Å². The van der Waals surface area contributed by atoms with E-state index < -0.39 is 5.97 Å². The van der Waals surface area contributed by atoms with Crippen LogP contribution in [-0.4, -0.2) is 30.3 Å². The highest BCUT2D eigenvalue weighted by atomic mass is 16.5. The number of aromatic nitrogens is 1. The maximum atomic E-state index is 11.0. The fourth-order valence-electron chi connectivity index (χ4n) is 1.32. The number of methoxy groups -OCH3 is 2. The first-order chi connectivity index (χ1) is 7.51. The molecule has 0 amide bonds. The summed E-state index contributed by atoms with van der Waals surface area (Å²) in [7, 11) is 2.81. The van der Waals surface area contributed by atoms with Crippen LogP contribution in [0.3, 0.4) is 0 Å². The summed E-state index contributed by atoms with van der Waals surface area (Å²) in [5.41, 5.74) is 0.688. The maximum Gasteiger partial charge on any atom is 0.345 e. The van der Waals surface area contributed by atoms with Crippen LogP contribution in [-0.2, 0) is 0 Å². The van der Waals surface area contributed by atoms with Crippen molar-refractivity contribution in [2.24, 2.45) is 0 Å². The number of pyridine rings is 1. The molecule has 0 atom stereocenters. The van der Waals surface area contributed by atoms with E-state index >= 15 is 0 Å². The van der Waals surface area contributed by atoms with Gasteiger partial charge in [-0.25, -0.2) is 9.78 Å². The number of hydrogen-bond donors (Lipinski definition) is 1. The molecule has 0 aliphatic carbocycles. The minimum absolute atomic E-state index is 0.0469. The summed E-state index contributed by atoms with van der Waals surface area (Å²) < 4.78 is 10.0. The van der Waals surface area contributed by atoms with Gasteiger partial charge in [0.25, 0.3) is 0 Å². The van der Waals surface area contributed by atoms with Gasteiger partial charge >= 0.3 is 5.97 Å². The Bertz CT molecular complexity index is 376. The minimum Gasteiger partial charge on any atom is -0.496 e. The van der Waals surface area contributed by atoms with Gasteiger partial charge in [-0.05, 0) is 5.92 Å². The molecule has 5 nitrogen and oxygen atoms in total. The SMILES string of the molecule is COc1cc(C(C)C)nc(OC)c1C(=O)O. The molecule has 5 heteroatoms. The lowest BCUT2D eigenvalue weighted by Crippen LogP contribution is -2.08. The molecule has 0 aliphatic heterocycles. The molecule has 88 valence electrons. The molecule has 0 fully saturated rings. The zero-order valence-electron chi connectivity index (χ0n) is 9.77. The van der Waals surface area contributed by atoms with Crippen LogP contribution in [0.15, 0.2) is 6.07 Å². The second-order valence-electron chi connectivity index (χ2n) is 3.59. The van der Waals surface area contributed by atoms with Gasteiger partial charge in [0.2, 0.25) is 5.88 Å². The summed E-state index contributed by atoms with van der Waals surface area (Å²) in [6, 6.07) is 1.62. The van der Waals surface area contributed by atoms with Crippen molar-refractivity contribution in [1.29, 1.82) is 0 Å². The molecular formula is C11H15NO4. The van der Waals surface area contributed by atoms with Gasteiger partial charge in [-0.2, -0.15) is 0 Å². The third-order valence-corrected chi connectivity index (χ3v) is 2.19. The van der Waals surface area contributed by atoms with Crippen molar-refractivity contribution in [2.75, 3.05) is 14.2 Å². The van der Waals surface area contributed by atoms with E-state index in [2.05, 4.69) is 4.98 Å². The van der Waals surface area contributed by atoms with E-state index in [1.165, 1.54) is 14.2 Å². The molecule has 0 saturated heterocycles. The number of carboxylic acids is 1. The van der Waals surface area contributed by atoms with Gasteiger partial charge < -0.3 is 14.6 Å². The normalized spacial score (nSPS) is 10.3. The average molecular weight is 225 g/mol. The fraction of sp³-hybridized carbons (Fsp3) is 0.455. The van der Waals surface area contributed by atoms with Crippen LogP contribution in [0.4, 0.5) is 0 Å². The van der Waals surface area contributed by atoms with E-state index in [0.29, 0.717) is 0 Å². The molecule has 0 spiro atoms. The van der Waals surface area contributed by atoms with Crippen molar-refractivity contribution < 1.29 is 19.4 Å². The summed E-state index contributed by atoms with van der Waals surface area (Å²) in [6.45, 7) is 3.92. The van der Waals surface area contributed by atoms with E-state index in [-0.39, 0.29) is 23.1 Å². The van der Waals surface area contributed by atoms with Crippen molar-refractivity contribution >= 4 is 5.97 Å². The van der Waals surface area contributed by atoms with E-state index in [1.54, 1.807) is 6.07 Å². The predicted molar refractivity (Wildman–Crippen MR) is 58.4 cm³/mol. The monoisotopic (exact) mass is 225 g/mol. The van der Waals surface area contributed by atoms with Crippen LogP contribution in [0, 0.1) is 0 Å². The standard InChI is InChI=1S/C11H15NO4/c1-6(2)7-5-8(15-3)9(11(13)14)10(12-7)16-4/h5-6H,1-4H3,(H,13,14). The average Bonchev–Trinajstić information content (AvgIpc) is 2.26. The number of carboxylic acid groups (broad SMARTS) is 1. The van der Waals surface area contributed by atoms with Gasteiger partial charge in [0.15, 0.2) is 5.56 Å². The number of rotatable bonds is 4. The molecule has 16 heavy (non-hydrogen) atoms. The minimum atomic E-state index is -1.11. The number of aromatic carboxylic acids is 1. The molecule has 1 aromatic heterocycles. The summed E-state index contributed by atoms with van der Waals surface area (Å²) in [5.74, 6) is -0.597. The van der Waals surface area contributed by atoms with Crippen LogP contribution in [0.1, 0.15) is 35.8 Å². The molecule has 1 aromatic rings. The zero-order valence-corrected chi connectivity index (χ0v) is 9.77. The van der Waals surface area contributed by atoms with Crippen molar-refractivity contribution in [1.82, 2.24) is 4.98 Å². The molecule has 0 aliphatic rings. The van der Waals surface area contributed by atoms with Crippen LogP contribution >= 0.6 is 0 Å². The molecule has 0 saturated carbocycles. The Balaban J connectivity index is 3.43. The van der Waals surface area contributed by atoms with E-state index in [0.717, 1.165) is 5.69 Å². The molecule has 0 unspecified atom stereocenters. The van der Waals surface area contributed by atoms with Crippen molar-refractivity contribution in [2.45, 2.75) is 19.8 Å². The van der Waals surface area contributed by atoms with Crippen LogP contribution in [0.25, 0.3) is 0 Å². The second-order valence-corrected chi connectivity index (χ2v) is 3.59. The highest BCUT2D eigenvalue weighted by Gasteiger charge is 2.21. The Morgan fingerprint density at radius 2 is 2.00 bits per heavy atom. The quantitative estimate of drug-likeness (QED) is 0.847. The number of carbonyl (C=O) groups is 1.